The topological polar surface area (TPSA) is 53.0 Å². The van der Waals surface area contributed by atoms with Crippen LogP contribution in [0.4, 0.5) is 5.69 Å². The van der Waals surface area contributed by atoms with E-state index in [4.69, 9.17) is 9.73 Å². The van der Waals surface area contributed by atoms with Crippen LogP contribution in [0.1, 0.15) is 12.5 Å². The van der Waals surface area contributed by atoms with Crippen LogP contribution in [0.3, 0.4) is 0 Å². The molecule has 0 atom stereocenters. The van der Waals surface area contributed by atoms with Crippen molar-refractivity contribution in [2.45, 2.75) is 13.3 Å². The molecule has 1 aromatic heterocycles. The van der Waals surface area contributed by atoms with Crippen molar-refractivity contribution in [2.75, 3.05) is 51.3 Å². The van der Waals surface area contributed by atoms with Gasteiger partial charge in [0, 0.05) is 51.7 Å². The van der Waals surface area contributed by atoms with Gasteiger partial charge in [0.2, 0.25) is 0 Å². The minimum atomic E-state index is 0.765. The number of guanidine groups is 1. The van der Waals surface area contributed by atoms with Crippen molar-refractivity contribution in [3.8, 4) is 5.75 Å². The third-order valence-electron chi connectivity index (χ3n) is 4.72. The fraction of sp³-hybridized carbons (Fsp3) is 0.429. The van der Waals surface area contributed by atoms with Crippen LogP contribution in [0, 0.1) is 0 Å². The molecule has 0 saturated carbocycles. The van der Waals surface area contributed by atoms with Gasteiger partial charge in [0.1, 0.15) is 5.75 Å². The number of benzene rings is 1. The number of piperazine rings is 1. The van der Waals surface area contributed by atoms with E-state index in [2.05, 4.69) is 45.2 Å². The number of aromatic nitrogens is 1. The molecule has 0 unspecified atom stereocenters. The number of ether oxygens (including phenoxy) is 1. The lowest BCUT2D eigenvalue weighted by Crippen LogP contribution is -2.52. The molecule has 0 spiro atoms. The monoisotopic (exact) mass is 367 g/mol. The van der Waals surface area contributed by atoms with Crippen molar-refractivity contribution in [3.05, 3.63) is 54.4 Å². The molecule has 144 valence electrons. The van der Waals surface area contributed by atoms with Crippen LogP contribution in [0.5, 0.6) is 5.75 Å². The minimum absolute atomic E-state index is 0.765. The van der Waals surface area contributed by atoms with Crippen LogP contribution in [-0.4, -0.2) is 62.2 Å². The van der Waals surface area contributed by atoms with Crippen LogP contribution in [0.15, 0.2) is 53.8 Å². The molecule has 6 heteroatoms. The summed E-state index contributed by atoms with van der Waals surface area (Å²) >= 11 is 0. The van der Waals surface area contributed by atoms with Crippen LogP contribution in [-0.2, 0) is 6.42 Å². The minimum Gasteiger partial charge on any atom is -0.495 e. The lowest BCUT2D eigenvalue weighted by molar-refractivity contribution is 0.367. The van der Waals surface area contributed by atoms with Gasteiger partial charge in [-0.1, -0.05) is 18.2 Å². The van der Waals surface area contributed by atoms with Crippen molar-refractivity contribution >= 4 is 11.6 Å². The molecule has 1 aliphatic rings. The average molecular weight is 367 g/mol. The highest BCUT2D eigenvalue weighted by molar-refractivity contribution is 5.80. The third-order valence-corrected chi connectivity index (χ3v) is 4.72. The maximum absolute atomic E-state index is 5.51. The van der Waals surface area contributed by atoms with E-state index in [1.54, 1.807) is 13.3 Å². The molecular weight excluding hydrogens is 338 g/mol. The normalized spacial score (nSPS) is 15.0. The Morgan fingerprint density at radius 3 is 2.67 bits per heavy atom. The van der Waals surface area contributed by atoms with E-state index in [0.717, 1.165) is 63.1 Å². The molecule has 27 heavy (non-hydrogen) atoms. The Labute approximate surface area is 161 Å². The maximum atomic E-state index is 5.51. The summed E-state index contributed by atoms with van der Waals surface area (Å²) < 4.78 is 5.51. The summed E-state index contributed by atoms with van der Waals surface area (Å²) in [6, 6.07) is 12.3. The van der Waals surface area contributed by atoms with E-state index in [9.17, 15) is 0 Å². The van der Waals surface area contributed by atoms with Gasteiger partial charge < -0.3 is 19.9 Å². The van der Waals surface area contributed by atoms with Crippen LogP contribution >= 0.6 is 0 Å². The average Bonchev–Trinajstić information content (AvgIpc) is 2.74. The van der Waals surface area contributed by atoms with Crippen molar-refractivity contribution < 1.29 is 4.74 Å². The molecule has 2 aromatic rings. The van der Waals surface area contributed by atoms with Crippen LogP contribution in [0.25, 0.3) is 0 Å². The number of aliphatic imine (C=N–C) groups is 1. The van der Waals surface area contributed by atoms with Crippen molar-refractivity contribution in [3.63, 3.8) is 0 Å². The second-order valence-electron chi connectivity index (χ2n) is 6.49. The summed E-state index contributed by atoms with van der Waals surface area (Å²) in [4.78, 5) is 13.7. The van der Waals surface area contributed by atoms with Crippen molar-refractivity contribution in [2.24, 2.45) is 4.99 Å². The second kappa shape index (κ2) is 9.80. The largest absolute Gasteiger partial charge is 0.495 e. The fourth-order valence-corrected chi connectivity index (χ4v) is 3.31. The zero-order chi connectivity index (χ0) is 18.9. The standard InChI is InChI=1S/C21H29N5O/c1-3-23-21(24-12-10-18-7-6-11-22-17-18)26-15-13-25(14-16-26)19-8-4-5-9-20(19)27-2/h4-9,11,17H,3,10,12-16H2,1-2H3,(H,23,24). The Hall–Kier alpha value is -2.76. The third kappa shape index (κ3) is 5.12. The Bertz CT molecular complexity index is 726. The predicted octanol–water partition coefficient (Wildman–Crippen LogP) is 2.42. The van der Waals surface area contributed by atoms with Gasteiger partial charge in [0.05, 0.1) is 12.8 Å². The Morgan fingerprint density at radius 2 is 1.96 bits per heavy atom. The van der Waals surface area contributed by atoms with E-state index >= 15 is 0 Å². The summed E-state index contributed by atoms with van der Waals surface area (Å²) in [6.45, 7) is 7.54. The molecular formula is C21H29N5O. The highest BCUT2D eigenvalue weighted by atomic mass is 16.5. The van der Waals surface area contributed by atoms with E-state index in [1.807, 2.05) is 24.4 Å². The van der Waals surface area contributed by atoms with E-state index in [0.29, 0.717) is 0 Å². The molecule has 3 rings (SSSR count). The molecule has 1 aliphatic heterocycles. The van der Waals surface area contributed by atoms with Gasteiger partial charge in [-0.05, 0) is 37.1 Å². The van der Waals surface area contributed by atoms with Crippen LogP contribution < -0.4 is 15.0 Å². The fourth-order valence-electron chi connectivity index (χ4n) is 3.31. The van der Waals surface area contributed by atoms with Gasteiger partial charge in [-0.2, -0.15) is 0 Å². The number of nitrogens with one attached hydrogen (secondary N) is 1. The zero-order valence-electron chi connectivity index (χ0n) is 16.3. The highest BCUT2D eigenvalue weighted by Crippen LogP contribution is 2.28. The molecule has 0 aliphatic carbocycles. The molecule has 6 nitrogen and oxygen atoms in total. The first kappa shape index (κ1) is 19.0. The Morgan fingerprint density at radius 1 is 1.15 bits per heavy atom. The van der Waals surface area contributed by atoms with Crippen molar-refractivity contribution in [1.29, 1.82) is 0 Å². The number of pyridine rings is 1. The molecule has 2 heterocycles. The zero-order valence-corrected chi connectivity index (χ0v) is 16.3. The Balaban J connectivity index is 1.58. The van der Waals surface area contributed by atoms with Crippen LogP contribution in [0.2, 0.25) is 0 Å². The van der Waals surface area contributed by atoms with Gasteiger partial charge in [0.25, 0.3) is 0 Å². The molecule has 0 bridgehead atoms. The second-order valence-corrected chi connectivity index (χ2v) is 6.49. The first-order valence-electron chi connectivity index (χ1n) is 9.62. The van der Waals surface area contributed by atoms with Gasteiger partial charge >= 0.3 is 0 Å². The van der Waals surface area contributed by atoms with E-state index in [-0.39, 0.29) is 0 Å². The highest BCUT2D eigenvalue weighted by Gasteiger charge is 2.21. The van der Waals surface area contributed by atoms with Gasteiger partial charge in [-0.25, -0.2) is 0 Å². The Kier molecular flexibility index (Phi) is 6.90. The van der Waals surface area contributed by atoms with E-state index in [1.165, 1.54) is 5.56 Å². The van der Waals surface area contributed by atoms with E-state index < -0.39 is 0 Å². The smallest absolute Gasteiger partial charge is 0.194 e. The number of para-hydroxylation sites is 2. The summed E-state index contributed by atoms with van der Waals surface area (Å²) in [5.74, 6) is 1.93. The molecule has 1 aromatic carbocycles. The molecule has 0 radical (unpaired) electrons. The summed E-state index contributed by atoms with van der Waals surface area (Å²) in [6.07, 6.45) is 4.62. The first-order chi connectivity index (χ1) is 13.3. The first-order valence-corrected chi connectivity index (χ1v) is 9.62. The molecule has 1 N–H and O–H groups in total. The lowest BCUT2D eigenvalue weighted by atomic mass is 10.2. The number of hydrogen-bond donors (Lipinski definition) is 1. The van der Waals surface area contributed by atoms with Gasteiger partial charge in [-0.3, -0.25) is 9.98 Å². The predicted molar refractivity (Wildman–Crippen MR) is 111 cm³/mol. The quantitative estimate of drug-likeness (QED) is 0.628. The number of anilines is 1. The van der Waals surface area contributed by atoms with Gasteiger partial charge in [-0.15, -0.1) is 0 Å². The van der Waals surface area contributed by atoms with Crippen molar-refractivity contribution in [1.82, 2.24) is 15.2 Å². The number of methoxy groups -OCH3 is 1. The maximum Gasteiger partial charge on any atom is 0.194 e. The molecule has 1 fully saturated rings. The number of rotatable bonds is 6. The lowest BCUT2D eigenvalue weighted by Gasteiger charge is -2.38. The number of hydrogen-bond acceptors (Lipinski definition) is 4. The molecule has 0 amide bonds. The summed E-state index contributed by atoms with van der Waals surface area (Å²) in [5.41, 5.74) is 2.39. The summed E-state index contributed by atoms with van der Waals surface area (Å²) in [5, 5.41) is 3.43. The summed E-state index contributed by atoms with van der Waals surface area (Å²) in [7, 11) is 1.73. The SMILES string of the molecule is CCNC(=NCCc1cccnc1)N1CCN(c2ccccc2OC)CC1. The van der Waals surface area contributed by atoms with Gasteiger partial charge in [0.15, 0.2) is 5.96 Å². The molecule has 1 saturated heterocycles. The number of nitrogens with zero attached hydrogens (tertiary/aromatic N) is 4.